The number of nitrogens with zero attached hydrogens (tertiary/aromatic N) is 2. The summed E-state index contributed by atoms with van der Waals surface area (Å²) in [5.74, 6) is -0.393. The Balaban J connectivity index is 2.85. The summed E-state index contributed by atoms with van der Waals surface area (Å²) in [6.07, 6.45) is 3.03. The van der Waals surface area contributed by atoms with Crippen LogP contribution in [-0.2, 0) is 10.0 Å². The van der Waals surface area contributed by atoms with Crippen molar-refractivity contribution >= 4 is 15.8 Å². The summed E-state index contributed by atoms with van der Waals surface area (Å²) in [5, 5.41) is 10.3. The van der Waals surface area contributed by atoms with Crippen LogP contribution in [0.1, 0.15) is 6.42 Å². The van der Waals surface area contributed by atoms with Gasteiger partial charge in [-0.05, 0) is 22.4 Å². The molecule has 0 aliphatic carbocycles. The van der Waals surface area contributed by atoms with Crippen molar-refractivity contribution in [2.24, 2.45) is 0 Å². The Hall–Kier alpha value is -1.80. The van der Waals surface area contributed by atoms with Gasteiger partial charge < -0.3 is 10.1 Å². The van der Waals surface area contributed by atoms with E-state index in [0.29, 0.717) is 6.42 Å². The Kier molecular flexibility index (Phi) is 4.30. The van der Waals surface area contributed by atoms with Gasteiger partial charge in [0, 0.05) is 12.6 Å². The highest BCUT2D eigenvalue weighted by atomic mass is 32.2. The molecule has 7 nitrogen and oxygen atoms in total. The SMILES string of the molecule is C=CCCNS(=O)(=O)c1ccc([N+](=O)[O-])nc1. The Morgan fingerprint density at radius 1 is 1.53 bits per heavy atom. The molecule has 8 heteroatoms. The van der Waals surface area contributed by atoms with E-state index in [4.69, 9.17) is 0 Å². The summed E-state index contributed by atoms with van der Waals surface area (Å²) in [4.78, 5) is 13.0. The Labute approximate surface area is 98.4 Å². The third-order valence-electron chi connectivity index (χ3n) is 1.86. The van der Waals surface area contributed by atoms with E-state index in [-0.39, 0.29) is 11.4 Å². The fraction of sp³-hybridized carbons (Fsp3) is 0.222. The van der Waals surface area contributed by atoms with Crippen molar-refractivity contribution in [3.63, 3.8) is 0 Å². The second kappa shape index (κ2) is 5.51. The summed E-state index contributed by atoms with van der Waals surface area (Å²) < 4.78 is 25.6. The molecule has 0 saturated carbocycles. The number of hydrogen-bond acceptors (Lipinski definition) is 5. The quantitative estimate of drug-likeness (QED) is 0.352. The molecule has 1 aromatic heterocycles. The minimum Gasteiger partial charge on any atom is -0.358 e. The molecule has 0 spiro atoms. The number of sulfonamides is 1. The molecule has 1 aromatic rings. The van der Waals surface area contributed by atoms with Crippen molar-refractivity contribution in [1.82, 2.24) is 9.71 Å². The summed E-state index contributed by atoms with van der Waals surface area (Å²) >= 11 is 0. The zero-order valence-corrected chi connectivity index (χ0v) is 9.68. The predicted molar refractivity (Wildman–Crippen MR) is 60.9 cm³/mol. The highest BCUT2D eigenvalue weighted by Crippen LogP contribution is 2.11. The third kappa shape index (κ3) is 3.61. The first-order chi connectivity index (χ1) is 7.97. The maximum atomic E-state index is 11.6. The van der Waals surface area contributed by atoms with E-state index < -0.39 is 20.8 Å². The summed E-state index contributed by atoms with van der Waals surface area (Å²) in [6, 6.07) is 2.18. The Bertz CT molecular complexity index is 510. The number of nitrogens with one attached hydrogen (secondary N) is 1. The molecule has 1 N–H and O–H groups in total. The lowest BCUT2D eigenvalue weighted by Crippen LogP contribution is -2.24. The van der Waals surface area contributed by atoms with Gasteiger partial charge in [0.2, 0.25) is 10.0 Å². The number of pyridine rings is 1. The van der Waals surface area contributed by atoms with E-state index in [2.05, 4.69) is 16.3 Å². The summed E-state index contributed by atoms with van der Waals surface area (Å²) in [5.41, 5.74) is 0. The third-order valence-corrected chi connectivity index (χ3v) is 3.30. The molecule has 0 bridgehead atoms. The first kappa shape index (κ1) is 13.3. The molecule has 0 radical (unpaired) electrons. The van der Waals surface area contributed by atoms with Crippen LogP contribution in [0, 0.1) is 10.1 Å². The molecule has 1 rings (SSSR count). The molecule has 0 saturated heterocycles. The number of nitro groups is 1. The normalized spacial score (nSPS) is 11.1. The molecule has 0 amide bonds. The molecule has 92 valence electrons. The van der Waals surface area contributed by atoms with Gasteiger partial charge in [-0.15, -0.1) is 6.58 Å². The molecule has 0 aliphatic heterocycles. The Morgan fingerprint density at radius 2 is 2.24 bits per heavy atom. The lowest BCUT2D eigenvalue weighted by Gasteiger charge is -2.03. The highest BCUT2D eigenvalue weighted by Gasteiger charge is 2.17. The zero-order chi connectivity index (χ0) is 12.9. The van der Waals surface area contributed by atoms with Crippen molar-refractivity contribution in [3.8, 4) is 0 Å². The smallest absolute Gasteiger partial charge is 0.358 e. The minimum atomic E-state index is -3.66. The number of hydrogen-bond donors (Lipinski definition) is 1. The van der Waals surface area contributed by atoms with Crippen LogP contribution in [-0.4, -0.2) is 24.9 Å². The monoisotopic (exact) mass is 257 g/mol. The first-order valence-corrected chi connectivity index (χ1v) is 6.16. The van der Waals surface area contributed by atoms with E-state index in [1.54, 1.807) is 6.08 Å². The van der Waals surface area contributed by atoms with E-state index >= 15 is 0 Å². The molecular weight excluding hydrogens is 246 g/mol. The van der Waals surface area contributed by atoms with Crippen molar-refractivity contribution in [2.45, 2.75) is 11.3 Å². The van der Waals surface area contributed by atoms with Crippen molar-refractivity contribution in [1.29, 1.82) is 0 Å². The number of aromatic nitrogens is 1. The maximum absolute atomic E-state index is 11.6. The molecule has 17 heavy (non-hydrogen) atoms. The van der Waals surface area contributed by atoms with Gasteiger partial charge in [0.15, 0.2) is 6.20 Å². The lowest BCUT2D eigenvalue weighted by atomic mass is 10.4. The van der Waals surface area contributed by atoms with Crippen LogP contribution < -0.4 is 4.72 Å². The van der Waals surface area contributed by atoms with E-state index in [1.165, 1.54) is 0 Å². The average Bonchev–Trinajstić information content (AvgIpc) is 2.29. The standard InChI is InChI=1S/C9H11N3O4S/c1-2-3-6-11-17(15,16)8-4-5-9(10-7-8)12(13)14/h2,4-5,7,11H,1,3,6H2. The molecule has 0 aliphatic rings. The summed E-state index contributed by atoms with van der Waals surface area (Å²) in [6.45, 7) is 3.69. The van der Waals surface area contributed by atoms with Crippen molar-refractivity contribution in [2.75, 3.05) is 6.54 Å². The van der Waals surface area contributed by atoms with Gasteiger partial charge in [0.05, 0.1) is 0 Å². The van der Waals surface area contributed by atoms with Gasteiger partial charge in [0.1, 0.15) is 4.90 Å². The van der Waals surface area contributed by atoms with Gasteiger partial charge in [-0.1, -0.05) is 6.08 Å². The van der Waals surface area contributed by atoms with Gasteiger partial charge >= 0.3 is 5.82 Å². The van der Waals surface area contributed by atoms with E-state index in [9.17, 15) is 18.5 Å². The van der Waals surface area contributed by atoms with E-state index in [1.807, 2.05) is 0 Å². The van der Waals surface area contributed by atoms with Crippen LogP contribution in [0.4, 0.5) is 5.82 Å². The second-order valence-electron chi connectivity index (χ2n) is 3.08. The minimum absolute atomic E-state index is 0.104. The van der Waals surface area contributed by atoms with Crippen molar-refractivity contribution in [3.05, 3.63) is 41.1 Å². The first-order valence-electron chi connectivity index (χ1n) is 4.68. The van der Waals surface area contributed by atoms with Crippen molar-refractivity contribution < 1.29 is 13.3 Å². The van der Waals surface area contributed by atoms with Crippen LogP contribution in [0.15, 0.2) is 35.9 Å². The molecular formula is C9H11N3O4S. The second-order valence-corrected chi connectivity index (χ2v) is 4.85. The van der Waals surface area contributed by atoms with E-state index in [0.717, 1.165) is 18.3 Å². The molecule has 1 heterocycles. The summed E-state index contributed by atoms with van der Waals surface area (Å²) in [7, 11) is -3.66. The molecule has 0 fully saturated rings. The molecule has 0 aromatic carbocycles. The predicted octanol–water partition coefficient (Wildman–Crippen LogP) is 0.844. The molecule has 0 atom stereocenters. The van der Waals surface area contributed by atoms with Gasteiger partial charge in [-0.25, -0.2) is 13.1 Å². The Morgan fingerprint density at radius 3 is 2.71 bits per heavy atom. The maximum Gasteiger partial charge on any atom is 0.363 e. The molecule has 0 unspecified atom stereocenters. The fourth-order valence-corrected chi connectivity index (χ4v) is 2.01. The van der Waals surface area contributed by atoms with Crippen LogP contribution in [0.2, 0.25) is 0 Å². The van der Waals surface area contributed by atoms with Gasteiger partial charge in [-0.2, -0.15) is 0 Å². The number of rotatable bonds is 6. The van der Waals surface area contributed by atoms with Crippen LogP contribution in [0.3, 0.4) is 0 Å². The fourth-order valence-electron chi connectivity index (χ4n) is 1.02. The van der Waals surface area contributed by atoms with Gasteiger partial charge in [0.25, 0.3) is 0 Å². The van der Waals surface area contributed by atoms with Crippen LogP contribution in [0.25, 0.3) is 0 Å². The van der Waals surface area contributed by atoms with Gasteiger partial charge in [-0.3, -0.25) is 0 Å². The zero-order valence-electron chi connectivity index (χ0n) is 8.87. The van der Waals surface area contributed by atoms with Crippen LogP contribution >= 0.6 is 0 Å². The highest BCUT2D eigenvalue weighted by molar-refractivity contribution is 7.89. The lowest BCUT2D eigenvalue weighted by molar-refractivity contribution is -0.389. The topological polar surface area (TPSA) is 102 Å². The average molecular weight is 257 g/mol. The largest absolute Gasteiger partial charge is 0.363 e. The van der Waals surface area contributed by atoms with Crippen LogP contribution in [0.5, 0.6) is 0 Å².